The van der Waals surface area contributed by atoms with Crippen molar-refractivity contribution in [2.75, 3.05) is 0 Å². The van der Waals surface area contributed by atoms with Crippen molar-refractivity contribution in [3.05, 3.63) is 29.8 Å². The second-order valence-electron chi connectivity index (χ2n) is 3.87. The van der Waals surface area contributed by atoms with Crippen LogP contribution < -0.4 is 5.32 Å². The lowest BCUT2D eigenvalue weighted by atomic mass is 9.89. The molecule has 0 saturated heterocycles. The molecule has 1 aliphatic rings. The minimum atomic E-state index is -0.104. The molecule has 14 heavy (non-hydrogen) atoms. The van der Waals surface area contributed by atoms with Crippen molar-refractivity contribution >= 4 is 0 Å². The summed E-state index contributed by atoms with van der Waals surface area (Å²) < 4.78 is 0. The number of hydrogen-bond acceptors (Lipinski definition) is 3. The van der Waals surface area contributed by atoms with E-state index in [0.29, 0.717) is 11.8 Å². The minimum absolute atomic E-state index is 0.104. The van der Waals surface area contributed by atoms with Crippen molar-refractivity contribution in [1.82, 2.24) is 5.32 Å². The van der Waals surface area contributed by atoms with Gasteiger partial charge in [0.1, 0.15) is 5.75 Å². The molecule has 0 aromatic heterocycles. The van der Waals surface area contributed by atoms with Crippen LogP contribution in [0.2, 0.25) is 0 Å². The van der Waals surface area contributed by atoms with E-state index in [1.807, 2.05) is 12.1 Å². The summed E-state index contributed by atoms with van der Waals surface area (Å²) in [4.78, 5) is 0. The summed E-state index contributed by atoms with van der Waals surface area (Å²) in [7, 11) is 0. The van der Waals surface area contributed by atoms with Crippen LogP contribution in [0, 0.1) is 0 Å². The third kappa shape index (κ3) is 2.25. The van der Waals surface area contributed by atoms with E-state index >= 15 is 0 Å². The first kappa shape index (κ1) is 9.49. The van der Waals surface area contributed by atoms with Crippen molar-refractivity contribution in [2.24, 2.45) is 0 Å². The molecule has 1 aromatic carbocycles. The van der Waals surface area contributed by atoms with Crippen LogP contribution in [0.15, 0.2) is 24.3 Å². The fraction of sp³-hybridized carbons (Fsp3) is 0.455. The monoisotopic (exact) mass is 193 g/mol. The summed E-state index contributed by atoms with van der Waals surface area (Å²) >= 11 is 0. The van der Waals surface area contributed by atoms with Crippen molar-refractivity contribution in [1.29, 1.82) is 0 Å². The molecule has 1 aliphatic carbocycles. The minimum Gasteiger partial charge on any atom is -0.508 e. The van der Waals surface area contributed by atoms with Gasteiger partial charge < -0.3 is 15.5 Å². The topological polar surface area (TPSA) is 52.5 Å². The molecule has 0 atom stereocenters. The summed E-state index contributed by atoms with van der Waals surface area (Å²) in [6, 6.07) is 7.63. The van der Waals surface area contributed by atoms with Gasteiger partial charge in [-0.1, -0.05) is 12.1 Å². The number of hydrogen-bond donors (Lipinski definition) is 3. The lowest BCUT2D eigenvalue weighted by Crippen LogP contribution is -2.43. The molecule has 0 aliphatic heterocycles. The molecule has 1 saturated carbocycles. The van der Waals surface area contributed by atoms with Crippen LogP contribution in [-0.4, -0.2) is 22.4 Å². The Morgan fingerprint density at radius 1 is 1.21 bits per heavy atom. The van der Waals surface area contributed by atoms with Gasteiger partial charge in [0.05, 0.1) is 6.10 Å². The Morgan fingerprint density at radius 3 is 2.43 bits per heavy atom. The van der Waals surface area contributed by atoms with Gasteiger partial charge in [-0.3, -0.25) is 0 Å². The van der Waals surface area contributed by atoms with Gasteiger partial charge in [-0.15, -0.1) is 0 Å². The molecular formula is C11H15NO2. The first-order chi connectivity index (χ1) is 6.74. The average Bonchev–Trinajstić information content (AvgIpc) is 2.13. The number of phenols is 1. The first-order valence-electron chi connectivity index (χ1n) is 4.93. The number of nitrogens with one attached hydrogen (secondary N) is 1. The molecule has 0 spiro atoms. The summed E-state index contributed by atoms with van der Waals surface area (Å²) in [6.45, 7) is 0.803. The third-order valence-corrected chi connectivity index (χ3v) is 2.64. The van der Waals surface area contributed by atoms with Crippen LogP contribution in [-0.2, 0) is 6.54 Å². The highest BCUT2D eigenvalue weighted by Crippen LogP contribution is 2.20. The van der Waals surface area contributed by atoms with Crippen molar-refractivity contribution in [3.63, 3.8) is 0 Å². The summed E-state index contributed by atoms with van der Waals surface area (Å²) in [5, 5.41) is 21.5. The molecule has 0 heterocycles. The largest absolute Gasteiger partial charge is 0.508 e. The van der Waals surface area contributed by atoms with Gasteiger partial charge in [0.25, 0.3) is 0 Å². The molecule has 3 heteroatoms. The Balaban J connectivity index is 1.78. The van der Waals surface area contributed by atoms with Gasteiger partial charge in [0.2, 0.25) is 0 Å². The van der Waals surface area contributed by atoms with E-state index in [2.05, 4.69) is 5.32 Å². The number of aromatic hydroxyl groups is 1. The number of benzene rings is 1. The van der Waals surface area contributed by atoms with Crippen molar-refractivity contribution in [2.45, 2.75) is 31.5 Å². The number of rotatable bonds is 3. The van der Waals surface area contributed by atoms with E-state index in [1.54, 1.807) is 12.1 Å². The smallest absolute Gasteiger partial charge is 0.115 e. The maximum absolute atomic E-state index is 9.08. The summed E-state index contributed by atoms with van der Waals surface area (Å²) in [5.74, 6) is 0.299. The zero-order chi connectivity index (χ0) is 9.97. The highest BCUT2D eigenvalue weighted by Gasteiger charge is 2.26. The lowest BCUT2D eigenvalue weighted by Gasteiger charge is -2.32. The zero-order valence-corrected chi connectivity index (χ0v) is 7.98. The Kier molecular flexibility index (Phi) is 2.70. The second kappa shape index (κ2) is 3.98. The van der Waals surface area contributed by atoms with Gasteiger partial charge in [-0.2, -0.15) is 0 Å². The fourth-order valence-corrected chi connectivity index (χ4v) is 1.63. The number of aliphatic hydroxyl groups is 1. The van der Waals surface area contributed by atoms with E-state index in [9.17, 15) is 0 Å². The first-order valence-corrected chi connectivity index (χ1v) is 4.93. The van der Waals surface area contributed by atoms with Crippen LogP contribution in [0.3, 0.4) is 0 Å². The highest BCUT2D eigenvalue weighted by atomic mass is 16.3. The molecule has 0 radical (unpaired) electrons. The Bertz CT molecular complexity index is 291. The molecule has 1 aromatic rings. The molecule has 3 nitrogen and oxygen atoms in total. The van der Waals surface area contributed by atoms with Crippen LogP contribution in [0.4, 0.5) is 0 Å². The van der Waals surface area contributed by atoms with Gasteiger partial charge in [0, 0.05) is 12.6 Å². The predicted octanol–water partition coefficient (Wildman–Crippen LogP) is 1.01. The molecular weight excluding hydrogens is 178 g/mol. The highest BCUT2D eigenvalue weighted by molar-refractivity contribution is 5.25. The van der Waals surface area contributed by atoms with Crippen LogP contribution in [0.25, 0.3) is 0 Å². The summed E-state index contributed by atoms with van der Waals surface area (Å²) in [6.07, 6.45) is 1.61. The van der Waals surface area contributed by atoms with E-state index < -0.39 is 0 Å². The standard InChI is InChI=1S/C11H15NO2/c13-10-3-1-8(2-4-10)7-12-9-5-11(14)6-9/h1-4,9,11-14H,5-7H2. The van der Waals surface area contributed by atoms with Crippen molar-refractivity contribution in [3.8, 4) is 5.75 Å². The summed E-state index contributed by atoms with van der Waals surface area (Å²) in [5.41, 5.74) is 1.16. The van der Waals surface area contributed by atoms with Gasteiger partial charge in [-0.05, 0) is 30.5 Å². The van der Waals surface area contributed by atoms with Crippen LogP contribution in [0.1, 0.15) is 18.4 Å². The Labute approximate surface area is 83.4 Å². The number of aliphatic hydroxyl groups excluding tert-OH is 1. The van der Waals surface area contributed by atoms with Crippen LogP contribution in [0.5, 0.6) is 5.75 Å². The molecule has 0 bridgehead atoms. The SMILES string of the molecule is Oc1ccc(CNC2CC(O)C2)cc1. The van der Waals surface area contributed by atoms with E-state index in [0.717, 1.165) is 24.9 Å². The molecule has 0 amide bonds. The predicted molar refractivity (Wildman–Crippen MR) is 54.0 cm³/mol. The maximum atomic E-state index is 9.08. The molecule has 0 unspecified atom stereocenters. The van der Waals surface area contributed by atoms with Crippen molar-refractivity contribution < 1.29 is 10.2 Å². The quantitative estimate of drug-likeness (QED) is 0.671. The van der Waals surface area contributed by atoms with Gasteiger partial charge >= 0.3 is 0 Å². The molecule has 1 fully saturated rings. The third-order valence-electron chi connectivity index (χ3n) is 2.64. The normalized spacial score (nSPS) is 25.8. The zero-order valence-electron chi connectivity index (χ0n) is 7.98. The Morgan fingerprint density at radius 2 is 1.86 bits per heavy atom. The van der Waals surface area contributed by atoms with Gasteiger partial charge in [-0.25, -0.2) is 0 Å². The fourth-order valence-electron chi connectivity index (χ4n) is 1.63. The van der Waals surface area contributed by atoms with Gasteiger partial charge in [0.15, 0.2) is 0 Å². The maximum Gasteiger partial charge on any atom is 0.115 e. The molecule has 2 rings (SSSR count). The molecule has 3 N–H and O–H groups in total. The average molecular weight is 193 g/mol. The van der Waals surface area contributed by atoms with E-state index in [-0.39, 0.29) is 6.10 Å². The second-order valence-corrected chi connectivity index (χ2v) is 3.87. The Hall–Kier alpha value is -1.06. The van der Waals surface area contributed by atoms with Crippen LogP contribution >= 0.6 is 0 Å². The lowest BCUT2D eigenvalue weighted by molar-refractivity contribution is 0.0619. The number of phenolic OH excluding ortho intramolecular Hbond substituents is 1. The van der Waals surface area contributed by atoms with E-state index in [4.69, 9.17) is 10.2 Å². The van der Waals surface area contributed by atoms with E-state index in [1.165, 1.54) is 0 Å². The molecule has 76 valence electrons.